The predicted octanol–water partition coefficient (Wildman–Crippen LogP) is 2.20. The number of nitrogens with zero attached hydrogens (tertiary/aromatic N) is 1. The van der Waals surface area contributed by atoms with Crippen molar-refractivity contribution in [1.29, 1.82) is 0 Å². The van der Waals surface area contributed by atoms with E-state index < -0.39 is 0 Å². The summed E-state index contributed by atoms with van der Waals surface area (Å²) in [7, 11) is 0. The number of benzene rings is 1. The standard InChI is InChI=1S/C15H12N2O2/c18-14-6-4-10-8-11(3-5-13(10)17-14)15(19)12-2-1-7-16-9-12/h1-3,5,7-9H,4,6H2,(H,17,18). The normalized spacial score (nSPS) is 13.6. The molecular formula is C15H12N2O2. The van der Waals surface area contributed by atoms with Crippen LogP contribution < -0.4 is 5.32 Å². The van der Waals surface area contributed by atoms with Crippen LogP contribution in [0.25, 0.3) is 0 Å². The quantitative estimate of drug-likeness (QED) is 0.833. The molecule has 19 heavy (non-hydrogen) atoms. The molecule has 0 bridgehead atoms. The van der Waals surface area contributed by atoms with Crippen LogP contribution in [0.3, 0.4) is 0 Å². The number of ketones is 1. The number of aryl methyl sites for hydroxylation is 1. The van der Waals surface area contributed by atoms with Gasteiger partial charge in [-0.25, -0.2) is 0 Å². The number of carbonyl (C=O) groups excluding carboxylic acids is 2. The van der Waals surface area contributed by atoms with Crippen LogP contribution in [0.15, 0.2) is 42.7 Å². The Labute approximate surface area is 110 Å². The zero-order valence-electron chi connectivity index (χ0n) is 10.2. The molecule has 1 aromatic carbocycles. The van der Waals surface area contributed by atoms with Gasteiger partial charge in [-0.05, 0) is 42.3 Å². The van der Waals surface area contributed by atoms with Crippen LogP contribution in [0.1, 0.15) is 27.9 Å². The highest BCUT2D eigenvalue weighted by Crippen LogP contribution is 2.24. The maximum atomic E-state index is 12.3. The van der Waals surface area contributed by atoms with Gasteiger partial charge in [0.05, 0.1) is 0 Å². The number of hydrogen-bond donors (Lipinski definition) is 1. The molecule has 1 aliphatic rings. The summed E-state index contributed by atoms with van der Waals surface area (Å²) in [5.41, 5.74) is 3.01. The van der Waals surface area contributed by atoms with Crippen LogP contribution in [-0.2, 0) is 11.2 Å². The summed E-state index contributed by atoms with van der Waals surface area (Å²) in [6, 6.07) is 8.86. The van der Waals surface area contributed by atoms with Gasteiger partial charge in [0.25, 0.3) is 0 Å². The summed E-state index contributed by atoms with van der Waals surface area (Å²) in [4.78, 5) is 27.5. The molecule has 0 fully saturated rings. The van der Waals surface area contributed by atoms with E-state index >= 15 is 0 Å². The Morgan fingerprint density at radius 2 is 2.05 bits per heavy atom. The number of aromatic nitrogens is 1. The van der Waals surface area contributed by atoms with E-state index in [1.807, 2.05) is 6.07 Å². The van der Waals surface area contributed by atoms with Crippen LogP contribution in [0.2, 0.25) is 0 Å². The van der Waals surface area contributed by atoms with Crippen molar-refractivity contribution in [3.05, 3.63) is 59.4 Å². The van der Waals surface area contributed by atoms with Crippen molar-refractivity contribution in [3.8, 4) is 0 Å². The first-order valence-electron chi connectivity index (χ1n) is 6.11. The molecule has 0 saturated heterocycles. The number of anilines is 1. The lowest BCUT2D eigenvalue weighted by atomic mass is 9.97. The fraction of sp³-hybridized carbons (Fsp3) is 0.133. The molecule has 94 valence electrons. The van der Waals surface area contributed by atoms with Gasteiger partial charge in [0.15, 0.2) is 5.78 Å². The number of amides is 1. The molecule has 1 aliphatic heterocycles. The molecule has 0 aliphatic carbocycles. The van der Waals surface area contributed by atoms with Gasteiger partial charge < -0.3 is 5.32 Å². The van der Waals surface area contributed by atoms with Crippen LogP contribution in [-0.4, -0.2) is 16.7 Å². The number of fused-ring (bicyclic) bond motifs is 1. The summed E-state index contributed by atoms with van der Waals surface area (Å²) < 4.78 is 0. The zero-order chi connectivity index (χ0) is 13.2. The highest BCUT2D eigenvalue weighted by atomic mass is 16.1. The SMILES string of the molecule is O=C1CCc2cc(C(=O)c3cccnc3)ccc2N1. The van der Waals surface area contributed by atoms with Crippen molar-refractivity contribution in [3.63, 3.8) is 0 Å². The van der Waals surface area contributed by atoms with E-state index in [1.165, 1.54) is 0 Å². The van der Waals surface area contributed by atoms with Crippen molar-refractivity contribution >= 4 is 17.4 Å². The molecule has 0 radical (unpaired) electrons. The molecule has 4 heteroatoms. The van der Waals surface area contributed by atoms with Gasteiger partial charge in [0.2, 0.25) is 5.91 Å². The molecule has 0 saturated carbocycles. The first-order chi connectivity index (χ1) is 9.24. The van der Waals surface area contributed by atoms with E-state index in [1.54, 1.807) is 36.7 Å². The molecule has 2 heterocycles. The summed E-state index contributed by atoms with van der Waals surface area (Å²) in [5.74, 6) is -0.0216. The van der Waals surface area contributed by atoms with Crippen LogP contribution in [0, 0.1) is 0 Å². The van der Waals surface area contributed by atoms with E-state index in [0.717, 1.165) is 11.3 Å². The first kappa shape index (κ1) is 11.6. The monoisotopic (exact) mass is 252 g/mol. The molecule has 1 N–H and O–H groups in total. The van der Waals surface area contributed by atoms with Crippen LogP contribution in [0.5, 0.6) is 0 Å². The summed E-state index contributed by atoms with van der Waals surface area (Å²) >= 11 is 0. The zero-order valence-corrected chi connectivity index (χ0v) is 10.2. The Morgan fingerprint density at radius 1 is 1.16 bits per heavy atom. The second kappa shape index (κ2) is 4.65. The number of pyridine rings is 1. The molecule has 2 aromatic rings. The van der Waals surface area contributed by atoms with E-state index in [4.69, 9.17) is 0 Å². The van der Waals surface area contributed by atoms with Crippen molar-refractivity contribution in [2.75, 3.05) is 5.32 Å². The third-order valence-electron chi connectivity index (χ3n) is 3.19. The average molecular weight is 252 g/mol. The van der Waals surface area contributed by atoms with E-state index in [9.17, 15) is 9.59 Å². The minimum Gasteiger partial charge on any atom is -0.326 e. The lowest BCUT2D eigenvalue weighted by molar-refractivity contribution is -0.116. The topological polar surface area (TPSA) is 59.1 Å². The van der Waals surface area contributed by atoms with Gasteiger partial charge >= 0.3 is 0 Å². The van der Waals surface area contributed by atoms with Gasteiger partial charge in [0.1, 0.15) is 0 Å². The predicted molar refractivity (Wildman–Crippen MR) is 71.1 cm³/mol. The van der Waals surface area contributed by atoms with Crippen LogP contribution in [0.4, 0.5) is 5.69 Å². The number of carbonyl (C=O) groups is 2. The molecule has 0 atom stereocenters. The Morgan fingerprint density at radius 3 is 2.84 bits per heavy atom. The van der Waals surface area contributed by atoms with Gasteiger partial charge in [-0.1, -0.05) is 0 Å². The summed E-state index contributed by atoms with van der Waals surface area (Å²) in [5, 5.41) is 2.80. The molecule has 1 amide bonds. The molecule has 1 aromatic heterocycles. The summed E-state index contributed by atoms with van der Waals surface area (Å²) in [6.07, 6.45) is 4.34. The fourth-order valence-corrected chi connectivity index (χ4v) is 2.19. The van der Waals surface area contributed by atoms with Crippen molar-refractivity contribution in [2.24, 2.45) is 0 Å². The second-order valence-electron chi connectivity index (χ2n) is 4.49. The Balaban J connectivity index is 1.95. The third-order valence-corrected chi connectivity index (χ3v) is 3.19. The van der Waals surface area contributed by atoms with Gasteiger partial charge in [-0.15, -0.1) is 0 Å². The Hall–Kier alpha value is -2.49. The largest absolute Gasteiger partial charge is 0.326 e. The number of rotatable bonds is 2. The highest BCUT2D eigenvalue weighted by Gasteiger charge is 2.17. The van der Waals surface area contributed by atoms with Crippen molar-refractivity contribution < 1.29 is 9.59 Å². The van der Waals surface area contributed by atoms with E-state index in [-0.39, 0.29) is 11.7 Å². The first-order valence-corrected chi connectivity index (χ1v) is 6.11. The lowest BCUT2D eigenvalue weighted by Gasteiger charge is -2.17. The minimum atomic E-state index is -0.0483. The molecule has 4 nitrogen and oxygen atoms in total. The summed E-state index contributed by atoms with van der Waals surface area (Å²) in [6.45, 7) is 0. The molecule has 0 unspecified atom stereocenters. The minimum absolute atomic E-state index is 0.0267. The van der Waals surface area contributed by atoms with Gasteiger partial charge in [0, 0.05) is 35.6 Å². The number of nitrogens with one attached hydrogen (secondary N) is 1. The third kappa shape index (κ3) is 2.25. The fourth-order valence-electron chi connectivity index (χ4n) is 2.19. The second-order valence-corrected chi connectivity index (χ2v) is 4.49. The highest BCUT2D eigenvalue weighted by molar-refractivity contribution is 6.09. The average Bonchev–Trinajstić information content (AvgIpc) is 2.47. The van der Waals surface area contributed by atoms with Crippen molar-refractivity contribution in [2.45, 2.75) is 12.8 Å². The lowest BCUT2D eigenvalue weighted by Crippen LogP contribution is -2.19. The molecule has 0 spiro atoms. The van der Waals surface area contributed by atoms with Crippen LogP contribution >= 0.6 is 0 Å². The Bertz CT molecular complexity index is 650. The number of hydrogen-bond acceptors (Lipinski definition) is 3. The van der Waals surface area contributed by atoms with E-state index in [2.05, 4.69) is 10.3 Å². The van der Waals surface area contributed by atoms with Crippen molar-refractivity contribution in [1.82, 2.24) is 4.98 Å². The van der Waals surface area contributed by atoms with Gasteiger partial charge in [-0.3, -0.25) is 14.6 Å². The van der Waals surface area contributed by atoms with Gasteiger partial charge in [-0.2, -0.15) is 0 Å². The smallest absolute Gasteiger partial charge is 0.224 e. The molecular weight excluding hydrogens is 240 g/mol. The van der Waals surface area contributed by atoms with E-state index in [0.29, 0.717) is 24.0 Å². The maximum absolute atomic E-state index is 12.3. The molecule has 3 rings (SSSR count). The maximum Gasteiger partial charge on any atom is 0.224 e. The Kier molecular flexibility index (Phi) is 2.83.